The van der Waals surface area contributed by atoms with E-state index in [1.165, 1.54) is 11.8 Å². The highest BCUT2D eigenvalue weighted by Gasteiger charge is 2.14. The quantitative estimate of drug-likeness (QED) is 0.717. The summed E-state index contributed by atoms with van der Waals surface area (Å²) < 4.78 is 1.89. The Labute approximate surface area is 143 Å². The van der Waals surface area contributed by atoms with Gasteiger partial charge in [0.2, 0.25) is 11.9 Å². The lowest BCUT2D eigenvalue weighted by atomic mass is 10.1. The molecule has 1 amide bonds. The van der Waals surface area contributed by atoms with Crippen LogP contribution in [-0.4, -0.2) is 36.4 Å². The van der Waals surface area contributed by atoms with E-state index in [2.05, 4.69) is 25.5 Å². The number of anilines is 1. The van der Waals surface area contributed by atoms with Crippen molar-refractivity contribution in [2.24, 2.45) is 7.05 Å². The van der Waals surface area contributed by atoms with Crippen LogP contribution in [0.3, 0.4) is 0 Å². The molecular formula is C16H16N6OS. The third-order valence-electron chi connectivity index (χ3n) is 3.37. The number of benzene rings is 1. The molecule has 3 aromatic rings. The first-order valence-electron chi connectivity index (χ1n) is 7.30. The minimum absolute atomic E-state index is 0.188. The van der Waals surface area contributed by atoms with Gasteiger partial charge < -0.3 is 4.57 Å². The van der Waals surface area contributed by atoms with Crippen molar-refractivity contribution in [1.29, 1.82) is 0 Å². The topological polar surface area (TPSA) is 85.6 Å². The predicted molar refractivity (Wildman–Crippen MR) is 92.6 cm³/mol. The molecule has 0 saturated carbocycles. The van der Waals surface area contributed by atoms with E-state index in [-0.39, 0.29) is 11.7 Å². The van der Waals surface area contributed by atoms with Crippen molar-refractivity contribution in [2.45, 2.75) is 12.1 Å². The predicted octanol–water partition coefficient (Wildman–Crippen LogP) is 2.31. The van der Waals surface area contributed by atoms with E-state index < -0.39 is 0 Å². The van der Waals surface area contributed by atoms with Gasteiger partial charge in [0.05, 0.1) is 5.75 Å². The first kappa shape index (κ1) is 16.1. The van der Waals surface area contributed by atoms with E-state index in [9.17, 15) is 4.79 Å². The Morgan fingerprint density at radius 1 is 1.17 bits per heavy atom. The van der Waals surface area contributed by atoms with Gasteiger partial charge in [-0.25, -0.2) is 9.97 Å². The van der Waals surface area contributed by atoms with Gasteiger partial charge in [0, 0.05) is 25.0 Å². The molecule has 0 saturated heterocycles. The molecule has 0 aliphatic carbocycles. The van der Waals surface area contributed by atoms with Crippen LogP contribution in [0, 0.1) is 6.92 Å². The molecule has 3 rings (SSSR count). The van der Waals surface area contributed by atoms with Crippen LogP contribution in [0.5, 0.6) is 0 Å². The van der Waals surface area contributed by atoms with Gasteiger partial charge in [-0.1, -0.05) is 36.0 Å². The van der Waals surface area contributed by atoms with Gasteiger partial charge in [-0.2, -0.15) is 0 Å². The Bertz CT molecular complexity index is 849. The smallest absolute Gasteiger partial charge is 0.237 e. The van der Waals surface area contributed by atoms with Crippen molar-refractivity contribution in [2.75, 3.05) is 11.1 Å². The molecule has 0 spiro atoms. The Morgan fingerprint density at radius 2 is 1.92 bits per heavy atom. The Hall–Kier alpha value is -2.74. The van der Waals surface area contributed by atoms with E-state index in [4.69, 9.17) is 0 Å². The molecule has 0 atom stereocenters. The van der Waals surface area contributed by atoms with Crippen molar-refractivity contribution in [3.8, 4) is 11.4 Å². The van der Waals surface area contributed by atoms with E-state index in [1.807, 2.05) is 42.8 Å². The molecule has 7 nitrogen and oxygen atoms in total. The molecule has 2 aromatic heterocycles. The summed E-state index contributed by atoms with van der Waals surface area (Å²) in [5.41, 5.74) is 2.16. The number of aryl methyl sites for hydroxylation is 1. The minimum Gasteiger partial charge on any atom is -0.305 e. The van der Waals surface area contributed by atoms with Crippen molar-refractivity contribution < 1.29 is 4.79 Å². The molecule has 1 N–H and O–H groups in total. The standard InChI is InChI=1S/C16H16N6OS/c1-11-6-3-4-7-12(11)14-20-21-16(22(14)2)24-10-13(23)19-15-17-8-5-9-18-15/h3-9H,10H2,1-2H3,(H,17,18,19,23). The van der Waals surface area contributed by atoms with Crippen molar-refractivity contribution in [3.63, 3.8) is 0 Å². The zero-order valence-corrected chi connectivity index (χ0v) is 14.1. The number of hydrogen-bond acceptors (Lipinski definition) is 6. The summed E-state index contributed by atoms with van der Waals surface area (Å²) in [6.07, 6.45) is 3.15. The normalized spacial score (nSPS) is 10.6. The maximum Gasteiger partial charge on any atom is 0.237 e. The molecule has 122 valence electrons. The monoisotopic (exact) mass is 340 g/mol. The number of thioether (sulfide) groups is 1. The van der Waals surface area contributed by atoms with Gasteiger partial charge in [0.15, 0.2) is 11.0 Å². The number of rotatable bonds is 5. The second-order valence-corrected chi connectivity index (χ2v) is 6.03. The number of hydrogen-bond donors (Lipinski definition) is 1. The largest absolute Gasteiger partial charge is 0.305 e. The molecule has 0 aliphatic rings. The van der Waals surface area contributed by atoms with Gasteiger partial charge in [-0.15, -0.1) is 10.2 Å². The molecule has 0 fully saturated rings. The summed E-state index contributed by atoms with van der Waals surface area (Å²) in [7, 11) is 1.89. The molecule has 2 heterocycles. The highest BCUT2D eigenvalue weighted by Crippen LogP contribution is 2.24. The Kier molecular flexibility index (Phi) is 4.85. The third kappa shape index (κ3) is 3.60. The zero-order valence-electron chi connectivity index (χ0n) is 13.3. The zero-order chi connectivity index (χ0) is 16.9. The lowest BCUT2D eigenvalue weighted by Gasteiger charge is -2.06. The number of carbonyl (C=O) groups is 1. The maximum atomic E-state index is 12.0. The summed E-state index contributed by atoms with van der Waals surface area (Å²) >= 11 is 1.32. The number of nitrogens with one attached hydrogen (secondary N) is 1. The average Bonchev–Trinajstić information content (AvgIpc) is 2.95. The van der Waals surface area contributed by atoms with Crippen LogP contribution < -0.4 is 5.32 Å². The highest BCUT2D eigenvalue weighted by atomic mass is 32.2. The van der Waals surface area contributed by atoms with E-state index >= 15 is 0 Å². The second-order valence-electron chi connectivity index (χ2n) is 5.09. The van der Waals surface area contributed by atoms with Gasteiger partial charge >= 0.3 is 0 Å². The lowest BCUT2D eigenvalue weighted by Crippen LogP contribution is -2.16. The summed E-state index contributed by atoms with van der Waals surface area (Å²) in [5.74, 6) is 1.09. The first-order valence-corrected chi connectivity index (χ1v) is 8.29. The van der Waals surface area contributed by atoms with Crippen LogP contribution in [0.25, 0.3) is 11.4 Å². The molecule has 0 radical (unpaired) electrons. The molecule has 0 unspecified atom stereocenters. The third-order valence-corrected chi connectivity index (χ3v) is 4.39. The van der Waals surface area contributed by atoms with Gasteiger partial charge in [-0.3, -0.25) is 10.1 Å². The number of carbonyl (C=O) groups excluding carboxylic acids is 1. The van der Waals surface area contributed by atoms with Crippen LogP contribution in [0.1, 0.15) is 5.56 Å². The summed E-state index contributed by atoms with van der Waals surface area (Å²) in [4.78, 5) is 19.9. The van der Waals surface area contributed by atoms with Crippen LogP contribution in [0.4, 0.5) is 5.95 Å². The number of aromatic nitrogens is 5. The lowest BCUT2D eigenvalue weighted by molar-refractivity contribution is -0.113. The number of amides is 1. The van der Waals surface area contributed by atoms with E-state index in [0.29, 0.717) is 11.1 Å². The van der Waals surface area contributed by atoms with E-state index in [1.54, 1.807) is 18.5 Å². The second kappa shape index (κ2) is 7.22. The van der Waals surface area contributed by atoms with Crippen LogP contribution >= 0.6 is 11.8 Å². The Morgan fingerprint density at radius 3 is 2.67 bits per heavy atom. The van der Waals surface area contributed by atoms with Crippen LogP contribution in [-0.2, 0) is 11.8 Å². The summed E-state index contributed by atoms with van der Waals surface area (Å²) in [6.45, 7) is 2.03. The fourth-order valence-corrected chi connectivity index (χ4v) is 2.86. The van der Waals surface area contributed by atoms with Crippen LogP contribution in [0.2, 0.25) is 0 Å². The molecule has 0 aliphatic heterocycles. The summed E-state index contributed by atoms with van der Waals surface area (Å²) in [6, 6.07) is 9.69. The van der Waals surface area contributed by atoms with Gasteiger partial charge in [-0.05, 0) is 18.6 Å². The SMILES string of the molecule is Cc1ccccc1-c1nnc(SCC(=O)Nc2ncccn2)n1C. The van der Waals surface area contributed by atoms with Gasteiger partial charge in [0.1, 0.15) is 0 Å². The minimum atomic E-state index is -0.188. The molecule has 24 heavy (non-hydrogen) atoms. The Balaban J connectivity index is 1.67. The van der Waals surface area contributed by atoms with Crippen molar-refractivity contribution in [3.05, 3.63) is 48.3 Å². The maximum absolute atomic E-state index is 12.0. The fourth-order valence-electron chi connectivity index (χ4n) is 2.15. The van der Waals surface area contributed by atoms with Crippen LogP contribution in [0.15, 0.2) is 47.9 Å². The average molecular weight is 340 g/mol. The highest BCUT2D eigenvalue weighted by molar-refractivity contribution is 7.99. The molecule has 8 heteroatoms. The van der Waals surface area contributed by atoms with Crippen molar-refractivity contribution in [1.82, 2.24) is 24.7 Å². The van der Waals surface area contributed by atoms with E-state index in [0.717, 1.165) is 17.0 Å². The molecular weight excluding hydrogens is 324 g/mol. The fraction of sp³-hybridized carbons (Fsp3) is 0.188. The number of nitrogens with zero attached hydrogens (tertiary/aromatic N) is 5. The van der Waals surface area contributed by atoms with Crippen molar-refractivity contribution >= 4 is 23.6 Å². The first-order chi connectivity index (χ1) is 11.6. The van der Waals surface area contributed by atoms with Gasteiger partial charge in [0.25, 0.3) is 0 Å². The molecule has 1 aromatic carbocycles. The summed E-state index contributed by atoms with van der Waals surface area (Å²) in [5, 5.41) is 11.7. The molecule has 0 bridgehead atoms.